The highest BCUT2D eigenvalue weighted by Gasteiger charge is 2.34. The minimum Gasteiger partial charge on any atom is -0.446 e. The number of fused-ring (bicyclic) bond motifs is 1. The predicted octanol–water partition coefficient (Wildman–Crippen LogP) is 8.24. The van der Waals surface area contributed by atoms with Crippen molar-refractivity contribution in [2.75, 3.05) is 53.4 Å². The number of hydrogen-bond acceptors (Lipinski definition) is 5. The molecule has 8 heteroatoms. The normalized spacial score (nSPS) is 15.4. The van der Waals surface area contributed by atoms with Gasteiger partial charge in [-0.25, -0.2) is 4.79 Å². The molecule has 51 heavy (non-hydrogen) atoms. The molecule has 1 N–H and O–H groups in total. The minimum atomic E-state index is -0.344. The lowest BCUT2D eigenvalue weighted by Crippen LogP contribution is -2.41. The first kappa shape index (κ1) is 38.2. The molecule has 3 aromatic rings. The molecule has 2 aliphatic heterocycles. The van der Waals surface area contributed by atoms with E-state index in [4.69, 9.17) is 4.74 Å². The summed E-state index contributed by atoms with van der Waals surface area (Å²) in [4.78, 5) is 42.0. The van der Waals surface area contributed by atoms with Crippen LogP contribution in [0.25, 0.3) is 0 Å². The van der Waals surface area contributed by atoms with Crippen LogP contribution in [0.15, 0.2) is 84.9 Å². The summed E-state index contributed by atoms with van der Waals surface area (Å²) in [6.45, 7) is 5.84. The monoisotopic (exact) mass is 695 g/mol. The van der Waals surface area contributed by atoms with Gasteiger partial charge in [-0.2, -0.15) is 0 Å². The fourth-order valence-corrected chi connectivity index (χ4v) is 7.50. The van der Waals surface area contributed by atoms with Gasteiger partial charge in [-0.3, -0.25) is 14.5 Å². The average molecular weight is 696 g/mol. The lowest BCUT2D eigenvalue weighted by Gasteiger charge is -2.32. The number of imide groups is 1. The quantitative estimate of drug-likeness (QED) is 0.0732. The first-order valence-electron chi connectivity index (χ1n) is 19.4. The lowest BCUT2D eigenvalue weighted by molar-refractivity contribution is -0.890. The van der Waals surface area contributed by atoms with Crippen LogP contribution >= 0.6 is 0 Å². The van der Waals surface area contributed by atoms with Gasteiger partial charge in [-0.1, -0.05) is 105 Å². The van der Waals surface area contributed by atoms with Crippen molar-refractivity contribution in [3.05, 3.63) is 107 Å². The van der Waals surface area contributed by atoms with Crippen LogP contribution in [-0.4, -0.2) is 91.7 Å². The van der Waals surface area contributed by atoms with Crippen LogP contribution in [0, 0.1) is 0 Å². The average Bonchev–Trinajstić information content (AvgIpc) is 3.39. The summed E-state index contributed by atoms with van der Waals surface area (Å²) in [6, 6.07) is 27.0. The first-order valence-corrected chi connectivity index (χ1v) is 19.4. The Morgan fingerprint density at radius 3 is 1.67 bits per heavy atom. The van der Waals surface area contributed by atoms with E-state index >= 15 is 0 Å². The van der Waals surface area contributed by atoms with Crippen molar-refractivity contribution in [2.45, 2.75) is 89.2 Å². The van der Waals surface area contributed by atoms with Gasteiger partial charge >= 0.3 is 6.09 Å². The molecule has 274 valence electrons. The third kappa shape index (κ3) is 11.8. The highest BCUT2D eigenvalue weighted by Crippen LogP contribution is 2.24. The highest BCUT2D eigenvalue weighted by atomic mass is 16.6. The van der Waals surface area contributed by atoms with Gasteiger partial charge in [0.1, 0.15) is 6.10 Å². The van der Waals surface area contributed by atoms with E-state index in [1.807, 2.05) is 72.8 Å². The molecule has 0 atom stereocenters. The topological polar surface area (TPSA) is 79.0 Å². The second-order valence-corrected chi connectivity index (χ2v) is 15.1. The number of nitrogens with one attached hydrogen (secondary N) is 1. The molecule has 0 aliphatic carbocycles. The van der Waals surface area contributed by atoms with Crippen LogP contribution in [0.1, 0.15) is 115 Å². The maximum absolute atomic E-state index is 12.9. The second-order valence-electron chi connectivity index (χ2n) is 15.1. The van der Waals surface area contributed by atoms with Gasteiger partial charge in [0.15, 0.2) is 0 Å². The van der Waals surface area contributed by atoms with Crippen molar-refractivity contribution in [3.8, 4) is 0 Å². The Balaban J connectivity index is 0.845. The zero-order valence-corrected chi connectivity index (χ0v) is 30.9. The largest absolute Gasteiger partial charge is 0.446 e. The van der Waals surface area contributed by atoms with E-state index in [-0.39, 0.29) is 30.1 Å². The number of carbonyl (C=O) groups is 3. The summed E-state index contributed by atoms with van der Waals surface area (Å²) >= 11 is 0. The van der Waals surface area contributed by atoms with Crippen molar-refractivity contribution in [2.24, 2.45) is 0 Å². The Morgan fingerprint density at radius 2 is 1.12 bits per heavy atom. The molecule has 0 saturated carbocycles. The summed E-state index contributed by atoms with van der Waals surface area (Å²) in [6.07, 6.45) is 13.5. The number of amides is 3. The van der Waals surface area contributed by atoms with Crippen molar-refractivity contribution >= 4 is 17.9 Å². The van der Waals surface area contributed by atoms with E-state index in [1.54, 1.807) is 12.1 Å². The Morgan fingerprint density at radius 1 is 0.667 bits per heavy atom. The first-order chi connectivity index (χ1) is 24.8. The number of rotatable bonds is 20. The zero-order chi connectivity index (χ0) is 35.9. The number of quaternary nitrogens is 1. The number of unbranched alkanes of at least 4 members (excludes halogenated alkanes) is 8. The summed E-state index contributed by atoms with van der Waals surface area (Å²) < 4.78 is 6.87. The molecule has 0 spiro atoms. The zero-order valence-electron chi connectivity index (χ0n) is 30.9. The third-order valence-electron chi connectivity index (χ3n) is 10.6. The number of nitrogens with zero attached hydrogens (tertiary/aromatic N) is 3. The van der Waals surface area contributed by atoms with Crippen molar-refractivity contribution in [1.29, 1.82) is 0 Å². The van der Waals surface area contributed by atoms with Gasteiger partial charge in [0, 0.05) is 19.6 Å². The van der Waals surface area contributed by atoms with Gasteiger partial charge in [0.2, 0.25) is 0 Å². The van der Waals surface area contributed by atoms with E-state index in [0.29, 0.717) is 17.7 Å². The number of hydrogen-bond donors (Lipinski definition) is 1. The van der Waals surface area contributed by atoms with E-state index in [0.717, 1.165) is 67.5 Å². The SMILES string of the molecule is C[N+](C)(CCCCCCCCCCN1CCC(OC(=O)NC(c2ccccc2)c2ccccc2)CC1)CCCCN1C(=O)c2ccccc2C1=O. The van der Waals surface area contributed by atoms with Crippen LogP contribution < -0.4 is 5.32 Å². The van der Waals surface area contributed by atoms with Gasteiger partial charge in [-0.15, -0.1) is 0 Å². The number of likely N-dealkylation sites (tertiary alicyclic amines) is 1. The third-order valence-corrected chi connectivity index (χ3v) is 10.6. The molecular formula is C43H59N4O4+. The van der Waals surface area contributed by atoms with Crippen molar-refractivity contribution < 1.29 is 23.6 Å². The maximum Gasteiger partial charge on any atom is 0.408 e. The fourth-order valence-electron chi connectivity index (χ4n) is 7.50. The van der Waals surface area contributed by atoms with Crippen molar-refractivity contribution in [3.63, 3.8) is 0 Å². The second kappa shape index (κ2) is 19.6. The van der Waals surface area contributed by atoms with Crippen LogP contribution in [0.4, 0.5) is 4.79 Å². The molecule has 8 nitrogen and oxygen atoms in total. The molecule has 1 saturated heterocycles. The van der Waals surface area contributed by atoms with Crippen molar-refractivity contribution in [1.82, 2.24) is 15.1 Å². The van der Waals surface area contributed by atoms with E-state index in [1.165, 1.54) is 62.8 Å². The molecule has 0 unspecified atom stereocenters. The fraction of sp³-hybridized carbons (Fsp3) is 0.512. The Labute approximate surface area is 305 Å². The number of alkyl carbamates (subject to hydrolysis) is 1. The van der Waals surface area contributed by atoms with Crippen LogP contribution in [0.2, 0.25) is 0 Å². The molecule has 2 aliphatic rings. The summed E-state index contributed by atoms with van der Waals surface area (Å²) in [5.41, 5.74) is 3.16. The molecule has 1 fully saturated rings. The van der Waals surface area contributed by atoms with Gasteiger partial charge in [0.05, 0.1) is 44.4 Å². The van der Waals surface area contributed by atoms with E-state index < -0.39 is 0 Å². The van der Waals surface area contributed by atoms with Gasteiger partial charge < -0.3 is 19.4 Å². The predicted molar refractivity (Wildman–Crippen MR) is 204 cm³/mol. The van der Waals surface area contributed by atoms with Gasteiger partial charge in [-0.05, 0) is 74.8 Å². The molecule has 0 bridgehead atoms. The molecule has 0 radical (unpaired) electrons. The van der Waals surface area contributed by atoms with Gasteiger partial charge in [0.25, 0.3) is 11.8 Å². The standard InChI is InChI=1S/C43H58N4O4/c1-47(2,34-20-18-30-46-41(48)38-25-15-16-26-39(38)42(46)49)33-19-8-6-4-3-5-7-17-29-45-31-27-37(28-32-45)51-43(50)44-40(35-21-11-9-12-22-35)36-23-13-10-14-24-36/h9-16,21-26,37,40H,3-8,17-20,27-34H2,1-2H3/p+1. The lowest BCUT2D eigenvalue weighted by atomic mass is 9.99. The smallest absolute Gasteiger partial charge is 0.408 e. The molecule has 3 aromatic carbocycles. The molecular weight excluding hydrogens is 636 g/mol. The van der Waals surface area contributed by atoms with Crippen LogP contribution in [-0.2, 0) is 4.74 Å². The molecule has 5 rings (SSSR count). The summed E-state index contributed by atoms with van der Waals surface area (Å²) in [7, 11) is 4.59. The minimum absolute atomic E-state index is 0.0319. The maximum atomic E-state index is 12.9. The molecule has 3 amide bonds. The molecule has 0 aromatic heterocycles. The Bertz CT molecular complexity index is 1450. The number of carbonyl (C=O) groups excluding carboxylic acids is 3. The Kier molecular flexibility index (Phi) is 14.7. The number of ether oxygens (including phenoxy) is 1. The Hall–Kier alpha value is -4.01. The van der Waals surface area contributed by atoms with E-state index in [2.05, 4.69) is 24.3 Å². The molecule has 2 heterocycles. The van der Waals surface area contributed by atoms with Crippen LogP contribution in [0.3, 0.4) is 0 Å². The number of piperidine rings is 1. The highest BCUT2D eigenvalue weighted by molar-refractivity contribution is 6.21. The summed E-state index contributed by atoms with van der Waals surface area (Å²) in [5, 5.41) is 3.11. The number of benzene rings is 3. The van der Waals surface area contributed by atoms with E-state index in [9.17, 15) is 14.4 Å². The summed E-state index contributed by atoms with van der Waals surface area (Å²) in [5.74, 6) is -0.293. The van der Waals surface area contributed by atoms with Crippen LogP contribution in [0.5, 0.6) is 0 Å².